The molecule has 2 amide bonds. The van der Waals surface area contributed by atoms with Gasteiger partial charge in [-0.1, -0.05) is 6.07 Å². The number of sulfonamides is 1. The molecule has 0 heterocycles. The summed E-state index contributed by atoms with van der Waals surface area (Å²) in [6.07, 6.45) is 1.02. The zero-order valence-electron chi connectivity index (χ0n) is 11.6. The third-order valence-electron chi connectivity index (χ3n) is 2.59. The molecule has 0 saturated heterocycles. The number of rotatable bonds is 6. The summed E-state index contributed by atoms with van der Waals surface area (Å²) in [6, 6.07) is 4.00. The Morgan fingerprint density at radius 1 is 1.24 bits per heavy atom. The van der Waals surface area contributed by atoms with Crippen LogP contribution in [-0.4, -0.2) is 44.9 Å². The molecule has 0 saturated carbocycles. The average Bonchev–Trinajstić information content (AvgIpc) is 2.36. The number of carboxylic acids is 1. The molecule has 1 rings (SSSR count). The Bertz CT molecular complexity index is 642. The van der Waals surface area contributed by atoms with Crippen molar-refractivity contribution in [1.29, 1.82) is 0 Å². The molecule has 0 fully saturated rings. The van der Waals surface area contributed by atoms with Crippen molar-refractivity contribution in [2.45, 2.75) is 6.92 Å². The Morgan fingerprint density at radius 3 is 2.48 bits per heavy atom. The van der Waals surface area contributed by atoms with Crippen LogP contribution >= 0.6 is 0 Å². The summed E-state index contributed by atoms with van der Waals surface area (Å²) in [5.74, 6) is -1.08. The van der Waals surface area contributed by atoms with Crippen molar-refractivity contribution < 1.29 is 23.1 Å². The number of carbonyl (C=O) groups is 2. The number of benzene rings is 1. The predicted octanol–water partition coefficient (Wildman–Crippen LogP) is 0.364. The van der Waals surface area contributed by atoms with Gasteiger partial charge in [-0.25, -0.2) is 22.7 Å². The van der Waals surface area contributed by atoms with Crippen molar-refractivity contribution in [1.82, 2.24) is 10.0 Å². The van der Waals surface area contributed by atoms with E-state index < -0.39 is 22.0 Å². The quantitative estimate of drug-likeness (QED) is 0.564. The fraction of sp³-hybridized carbons (Fsp3) is 0.333. The van der Waals surface area contributed by atoms with E-state index in [9.17, 15) is 18.0 Å². The summed E-state index contributed by atoms with van der Waals surface area (Å²) >= 11 is 0. The number of hydrogen-bond acceptors (Lipinski definition) is 4. The van der Waals surface area contributed by atoms with Crippen LogP contribution in [0.1, 0.15) is 15.9 Å². The highest BCUT2D eigenvalue weighted by molar-refractivity contribution is 7.88. The van der Waals surface area contributed by atoms with Crippen LogP contribution in [0.25, 0.3) is 0 Å². The lowest BCUT2D eigenvalue weighted by molar-refractivity contribution is 0.0696. The van der Waals surface area contributed by atoms with Gasteiger partial charge in [-0.2, -0.15) is 0 Å². The second-order valence-corrected chi connectivity index (χ2v) is 6.16. The van der Waals surface area contributed by atoms with E-state index in [-0.39, 0.29) is 18.7 Å². The Hall–Kier alpha value is -2.13. The highest BCUT2D eigenvalue weighted by Crippen LogP contribution is 2.18. The zero-order valence-corrected chi connectivity index (χ0v) is 12.5. The van der Waals surface area contributed by atoms with Crippen LogP contribution in [0.2, 0.25) is 0 Å². The first kappa shape index (κ1) is 16.9. The monoisotopic (exact) mass is 315 g/mol. The summed E-state index contributed by atoms with van der Waals surface area (Å²) in [4.78, 5) is 22.6. The van der Waals surface area contributed by atoms with Crippen LogP contribution in [-0.2, 0) is 10.0 Å². The van der Waals surface area contributed by atoms with E-state index in [2.05, 4.69) is 15.4 Å². The topological polar surface area (TPSA) is 125 Å². The first-order valence-electron chi connectivity index (χ1n) is 6.03. The second-order valence-electron chi connectivity index (χ2n) is 4.33. The zero-order chi connectivity index (χ0) is 16.0. The maximum absolute atomic E-state index is 11.6. The molecule has 1 aromatic carbocycles. The van der Waals surface area contributed by atoms with Crippen molar-refractivity contribution >= 4 is 27.7 Å². The molecule has 0 aromatic heterocycles. The van der Waals surface area contributed by atoms with Crippen LogP contribution in [0.15, 0.2) is 18.2 Å². The van der Waals surface area contributed by atoms with Crippen molar-refractivity contribution in [3.05, 3.63) is 29.3 Å². The fourth-order valence-electron chi connectivity index (χ4n) is 1.58. The first-order valence-corrected chi connectivity index (χ1v) is 7.92. The number of urea groups is 1. The SMILES string of the molecule is Cc1c(NC(=O)NCCNS(C)(=O)=O)cccc1C(=O)O. The molecular formula is C12H17N3O5S. The lowest BCUT2D eigenvalue weighted by Gasteiger charge is -2.11. The summed E-state index contributed by atoms with van der Waals surface area (Å²) in [7, 11) is -3.29. The number of nitrogens with one attached hydrogen (secondary N) is 3. The Morgan fingerprint density at radius 2 is 1.90 bits per heavy atom. The molecule has 0 aliphatic heterocycles. The lowest BCUT2D eigenvalue weighted by Crippen LogP contribution is -2.36. The van der Waals surface area contributed by atoms with Gasteiger partial charge in [-0.05, 0) is 24.6 Å². The van der Waals surface area contributed by atoms with Crippen LogP contribution in [0.5, 0.6) is 0 Å². The first-order chi connectivity index (χ1) is 9.70. The fourth-order valence-corrected chi connectivity index (χ4v) is 2.05. The lowest BCUT2D eigenvalue weighted by atomic mass is 10.1. The van der Waals surface area contributed by atoms with Gasteiger partial charge in [-0.3, -0.25) is 0 Å². The van der Waals surface area contributed by atoms with E-state index in [1.165, 1.54) is 12.1 Å². The number of carbonyl (C=O) groups excluding carboxylic acids is 1. The molecule has 0 unspecified atom stereocenters. The van der Waals surface area contributed by atoms with Crippen molar-refractivity contribution in [3.63, 3.8) is 0 Å². The van der Waals surface area contributed by atoms with Crippen molar-refractivity contribution in [2.24, 2.45) is 0 Å². The van der Waals surface area contributed by atoms with Gasteiger partial charge in [0.25, 0.3) is 0 Å². The molecule has 0 aliphatic carbocycles. The van der Waals surface area contributed by atoms with E-state index in [4.69, 9.17) is 5.11 Å². The molecule has 4 N–H and O–H groups in total. The van der Waals surface area contributed by atoms with Gasteiger partial charge in [-0.15, -0.1) is 0 Å². The van der Waals surface area contributed by atoms with Gasteiger partial charge in [0, 0.05) is 18.8 Å². The summed E-state index contributed by atoms with van der Waals surface area (Å²) in [5, 5.41) is 13.9. The van der Waals surface area contributed by atoms with Crippen LogP contribution in [0.4, 0.5) is 10.5 Å². The standard InChI is InChI=1S/C12H17N3O5S/c1-8-9(11(16)17)4-3-5-10(8)15-12(18)13-6-7-14-21(2,19)20/h3-5,14H,6-7H2,1-2H3,(H,16,17)(H2,13,15,18). The molecule has 1 aromatic rings. The Balaban J connectivity index is 2.56. The predicted molar refractivity (Wildman–Crippen MR) is 78.0 cm³/mol. The van der Waals surface area contributed by atoms with Crippen LogP contribution < -0.4 is 15.4 Å². The highest BCUT2D eigenvalue weighted by Gasteiger charge is 2.11. The van der Waals surface area contributed by atoms with Crippen LogP contribution in [0, 0.1) is 6.92 Å². The molecule has 8 nitrogen and oxygen atoms in total. The second kappa shape index (κ2) is 7.04. The molecule has 116 valence electrons. The minimum Gasteiger partial charge on any atom is -0.478 e. The Labute approximate surface area is 122 Å². The normalized spacial score (nSPS) is 11.0. The van der Waals surface area contributed by atoms with Gasteiger partial charge in [0.15, 0.2) is 0 Å². The molecule has 0 atom stereocenters. The number of anilines is 1. The highest BCUT2D eigenvalue weighted by atomic mass is 32.2. The van der Waals surface area contributed by atoms with Gasteiger partial charge in [0.05, 0.1) is 11.8 Å². The van der Waals surface area contributed by atoms with Gasteiger partial charge in [0.2, 0.25) is 10.0 Å². The minimum atomic E-state index is -3.29. The maximum Gasteiger partial charge on any atom is 0.336 e. The molecule has 0 radical (unpaired) electrons. The molecule has 0 spiro atoms. The van der Waals surface area contributed by atoms with E-state index in [1.807, 2.05) is 0 Å². The summed E-state index contributed by atoms with van der Waals surface area (Å²) in [6.45, 7) is 1.77. The number of amides is 2. The van der Waals surface area contributed by atoms with E-state index in [1.54, 1.807) is 13.0 Å². The van der Waals surface area contributed by atoms with Gasteiger partial charge >= 0.3 is 12.0 Å². The van der Waals surface area contributed by atoms with E-state index in [0.717, 1.165) is 6.26 Å². The minimum absolute atomic E-state index is 0.0698. The van der Waals surface area contributed by atoms with Gasteiger partial charge in [0.1, 0.15) is 0 Å². The van der Waals surface area contributed by atoms with Crippen molar-refractivity contribution in [2.75, 3.05) is 24.7 Å². The molecule has 21 heavy (non-hydrogen) atoms. The van der Waals surface area contributed by atoms with E-state index >= 15 is 0 Å². The third-order valence-corrected chi connectivity index (χ3v) is 3.32. The maximum atomic E-state index is 11.6. The van der Waals surface area contributed by atoms with E-state index in [0.29, 0.717) is 11.3 Å². The Kier molecular flexibility index (Phi) is 5.68. The van der Waals surface area contributed by atoms with Crippen molar-refractivity contribution in [3.8, 4) is 0 Å². The molecule has 0 aliphatic rings. The largest absolute Gasteiger partial charge is 0.478 e. The van der Waals surface area contributed by atoms with Gasteiger partial charge < -0.3 is 15.7 Å². The molecule has 0 bridgehead atoms. The molecular weight excluding hydrogens is 298 g/mol. The number of hydrogen-bond donors (Lipinski definition) is 4. The number of carboxylic acid groups (broad SMARTS) is 1. The third kappa shape index (κ3) is 5.79. The summed E-state index contributed by atoms with van der Waals surface area (Å²) in [5.41, 5.74) is 0.921. The summed E-state index contributed by atoms with van der Waals surface area (Å²) < 4.78 is 23.9. The smallest absolute Gasteiger partial charge is 0.336 e. The average molecular weight is 315 g/mol. The number of aromatic carboxylic acids is 1. The molecule has 9 heteroatoms. The van der Waals surface area contributed by atoms with Crippen LogP contribution in [0.3, 0.4) is 0 Å².